The zero-order valence-electron chi connectivity index (χ0n) is 8.58. The maximum absolute atomic E-state index is 5.31. The van der Waals surface area contributed by atoms with Gasteiger partial charge in [-0.2, -0.15) is 5.10 Å². The van der Waals surface area contributed by atoms with Gasteiger partial charge in [-0.15, -0.1) is 10.2 Å². The van der Waals surface area contributed by atoms with Crippen molar-refractivity contribution in [2.45, 2.75) is 0 Å². The highest BCUT2D eigenvalue weighted by Crippen LogP contribution is 2.39. The molecule has 2 heterocycles. The number of hydrogen-bond donors (Lipinski definition) is 0. The third-order valence-electron chi connectivity index (χ3n) is 2.20. The van der Waals surface area contributed by atoms with E-state index in [2.05, 4.69) is 31.2 Å². The number of rotatable bonds is 2. The van der Waals surface area contributed by atoms with Crippen molar-refractivity contribution < 1.29 is 9.47 Å². The highest BCUT2D eigenvalue weighted by molar-refractivity contribution is 9.10. The third-order valence-corrected chi connectivity index (χ3v) is 2.79. The molecule has 0 saturated carbocycles. The van der Waals surface area contributed by atoms with E-state index in [0.29, 0.717) is 5.75 Å². The molecule has 6 nitrogen and oxygen atoms in total. The minimum Gasteiger partial charge on any atom is -0.454 e. The van der Waals surface area contributed by atoms with E-state index < -0.39 is 0 Å². The average molecular weight is 295 g/mol. The molecule has 3 rings (SSSR count). The van der Waals surface area contributed by atoms with Gasteiger partial charge in [0.05, 0.1) is 10.7 Å². The summed E-state index contributed by atoms with van der Waals surface area (Å²) in [6, 6.07) is 3.77. The molecular formula is C10H7BrN4O2. The summed E-state index contributed by atoms with van der Waals surface area (Å²) in [4.78, 5) is 0. The van der Waals surface area contributed by atoms with E-state index >= 15 is 0 Å². The predicted octanol–water partition coefficient (Wildman–Crippen LogP) is 1.65. The van der Waals surface area contributed by atoms with Crippen LogP contribution < -0.4 is 9.47 Å². The minimum absolute atomic E-state index is 0.250. The number of ether oxygens (including phenoxy) is 2. The van der Waals surface area contributed by atoms with Crippen molar-refractivity contribution in [2.24, 2.45) is 5.10 Å². The summed E-state index contributed by atoms with van der Waals surface area (Å²) in [7, 11) is 0. The molecule has 0 fully saturated rings. The molecule has 1 aliphatic rings. The van der Waals surface area contributed by atoms with Gasteiger partial charge in [0.1, 0.15) is 12.7 Å². The lowest BCUT2D eigenvalue weighted by Crippen LogP contribution is -1.93. The fourth-order valence-electron chi connectivity index (χ4n) is 1.45. The molecule has 0 bridgehead atoms. The van der Waals surface area contributed by atoms with Gasteiger partial charge in [0.15, 0.2) is 11.5 Å². The van der Waals surface area contributed by atoms with Gasteiger partial charge in [-0.1, -0.05) is 0 Å². The number of fused-ring (bicyclic) bond motifs is 1. The van der Waals surface area contributed by atoms with E-state index in [1.165, 1.54) is 17.3 Å². The second kappa shape index (κ2) is 4.17. The van der Waals surface area contributed by atoms with Gasteiger partial charge in [-0.3, -0.25) is 0 Å². The van der Waals surface area contributed by atoms with Crippen molar-refractivity contribution in [1.82, 2.24) is 14.9 Å². The van der Waals surface area contributed by atoms with Gasteiger partial charge < -0.3 is 9.47 Å². The lowest BCUT2D eigenvalue weighted by molar-refractivity contribution is 0.173. The smallest absolute Gasteiger partial charge is 0.231 e. The summed E-state index contributed by atoms with van der Waals surface area (Å²) in [5.74, 6) is 1.44. The molecule has 1 aliphatic heterocycles. The fourth-order valence-corrected chi connectivity index (χ4v) is 2.02. The van der Waals surface area contributed by atoms with Crippen LogP contribution in [0.2, 0.25) is 0 Å². The van der Waals surface area contributed by atoms with Crippen molar-refractivity contribution in [3.8, 4) is 11.5 Å². The van der Waals surface area contributed by atoms with Gasteiger partial charge in [-0.25, -0.2) is 4.68 Å². The number of halogens is 1. The molecule has 1 aromatic heterocycles. The Morgan fingerprint density at radius 1 is 1.29 bits per heavy atom. The molecule has 0 radical (unpaired) electrons. The van der Waals surface area contributed by atoms with Crippen LogP contribution in [0.25, 0.3) is 0 Å². The summed E-state index contributed by atoms with van der Waals surface area (Å²) in [6.45, 7) is 0.250. The molecule has 0 saturated heterocycles. The number of hydrogen-bond acceptors (Lipinski definition) is 5. The van der Waals surface area contributed by atoms with Gasteiger partial charge in [0, 0.05) is 0 Å². The van der Waals surface area contributed by atoms with Crippen LogP contribution in [0.5, 0.6) is 11.5 Å². The van der Waals surface area contributed by atoms with Crippen LogP contribution in [0.4, 0.5) is 0 Å². The fraction of sp³-hybridized carbons (Fsp3) is 0.100. The van der Waals surface area contributed by atoms with Crippen molar-refractivity contribution in [2.75, 3.05) is 6.79 Å². The zero-order valence-corrected chi connectivity index (χ0v) is 10.2. The van der Waals surface area contributed by atoms with Gasteiger partial charge in [-0.05, 0) is 33.6 Å². The maximum atomic E-state index is 5.31. The number of benzene rings is 1. The number of nitrogens with zero attached hydrogens (tertiary/aromatic N) is 4. The molecule has 17 heavy (non-hydrogen) atoms. The summed E-state index contributed by atoms with van der Waals surface area (Å²) in [5.41, 5.74) is 0.898. The molecule has 0 spiro atoms. The Morgan fingerprint density at radius 2 is 2.12 bits per heavy atom. The summed E-state index contributed by atoms with van der Waals surface area (Å²) >= 11 is 3.42. The summed E-state index contributed by atoms with van der Waals surface area (Å²) < 4.78 is 13.0. The van der Waals surface area contributed by atoms with Crippen LogP contribution in [0.1, 0.15) is 5.56 Å². The lowest BCUT2D eigenvalue weighted by atomic mass is 10.2. The van der Waals surface area contributed by atoms with E-state index in [1.807, 2.05) is 12.1 Å². The Bertz CT molecular complexity index is 568. The Kier molecular flexibility index (Phi) is 2.52. The molecule has 7 heteroatoms. The van der Waals surface area contributed by atoms with Gasteiger partial charge in [0.25, 0.3) is 0 Å². The predicted molar refractivity (Wildman–Crippen MR) is 63.3 cm³/mol. The average Bonchev–Trinajstić information content (AvgIpc) is 2.97. The van der Waals surface area contributed by atoms with Crippen molar-refractivity contribution in [3.05, 3.63) is 34.8 Å². The summed E-state index contributed by atoms with van der Waals surface area (Å²) in [6.07, 6.45) is 4.72. The zero-order chi connectivity index (χ0) is 11.7. The Hall–Kier alpha value is -1.89. The van der Waals surface area contributed by atoms with E-state index in [-0.39, 0.29) is 6.79 Å². The first-order chi connectivity index (χ1) is 8.33. The van der Waals surface area contributed by atoms with Crippen LogP contribution in [-0.2, 0) is 0 Å². The first kappa shape index (κ1) is 10.3. The molecule has 0 unspecified atom stereocenters. The first-order valence-electron chi connectivity index (χ1n) is 4.81. The van der Waals surface area contributed by atoms with Crippen LogP contribution in [0.3, 0.4) is 0 Å². The third kappa shape index (κ3) is 2.01. The highest BCUT2D eigenvalue weighted by atomic mass is 79.9. The second-order valence-corrected chi connectivity index (χ2v) is 4.18. The molecule has 0 amide bonds. The minimum atomic E-state index is 0.250. The van der Waals surface area contributed by atoms with Crippen molar-refractivity contribution >= 4 is 22.1 Å². The van der Waals surface area contributed by atoms with E-state index in [9.17, 15) is 0 Å². The molecule has 2 aromatic rings. The maximum Gasteiger partial charge on any atom is 0.231 e. The molecule has 0 atom stereocenters. The van der Waals surface area contributed by atoms with Crippen LogP contribution in [0.15, 0.2) is 34.4 Å². The van der Waals surface area contributed by atoms with Crippen LogP contribution in [0, 0.1) is 0 Å². The van der Waals surface area contributed by atoms with Gasteiger partial charge in [0.2, 0.25) is 6.79 Å². The van der Waals surface area contributed by atoms with Gasteiger partial charge >= 0.3 is 0 Å². The second-order valence-electron chi connectivity index (χ2n) is 3.32. The SMILES string of the molecule is Brc1cc(/C=N\n2cnnc2)cc2c1OCO2. The normalized spacial score (nSPS) is 13.5. The standard InChI is InChI=1S/C10H7BrN4O2/c11-8-1-7(2-9-10(8)17-6-16-9)3-14-15-4-12-13-5-15/h1-5H,6H2/b14-3-. The molecule has 1 aromatic carbocycles. The monoisotopic (exact) mass is 294 g/mol. The molecule has 0 aliphatic carbocycles. The number of aromatic nitrogens is 3. The van der Waals surface area contributed by atoms with E-state index in [0.717, 1.165) is 15.8 Å². The van der Waals surface area contributed by atoms with E-state index in [4.69, 9.17) is 9.47 Å². The first-order valence-corrected chi connectivity index (χ1v) is 5.60. The lowest BCUT2D eigenvalue weighted by Gasteiger charge is -2.00. The Labute approximate surface area is 105 Å². The molecule has 0 N–H and O–H groups in total. The topological polar surface area (TPSA) is 61.5 Å². The Balaban J connectivity index is 1.92. The highest BCUT2D eigenvalue weighted by Gasteiger charge is 2.17. The van der Waals surface area contributed by atoms with E-state index in [1.54, 1.807) is 6.21 Å². The summed E-state index contributed by atoms with van der Waals surface area (Å²) in [5, 5.41) is 11.5. The van der Waals surface area contributed by atoms with Crippen LogP contribution >= 0.6 is 15.9 Å². The Morgan fingerprint density at radius 3 is 2.94 bits per heavy atom. The molecule has 86 valence electrons. The van der Waals surface area contributed by atoms with Crippen LogP contribution in [-0.4, -0.2) is 27.9 Å². The van der Waals surface area contributed by atoms with Crippen molar-refractivity contribution in [3.63, 3.8) is 0 Å². The van der Waals surface area contributed by atoms with Crippen molar-refractivity contribution in [1.29, 1.82) is 0 Å². The quantitative estimate of drug-likeness (QED) is 0.790. The molecular weight excluding hydrogens is 288 g/mol. The largest absolute Gasteiger partial charge is 0.454 e.